The van der Waals surface area contributed by atoms with Crippen LogP contribution in [0.5, 0.6) is 0 Å². The van der Waals surface area contributed by atoms with Gasteiger partial charge in [-0.05, 0) is 36.3 Å². The molecule has 0 spiro atoms. The van der Waals surface area contributed by atoms with Crippen molar-refractivity contribution < 1.29 is 0 Å². The Kier molecular flexibility index (Phi) is 5.87. The van der Waals surface area contributed by atoms with Crippen LogP contribution in [-0.4, -0.2) is 0 Å². The van der Waals surface area contributed by atoms with E-state index in [0.29, 0.717) is 12.0 Å². The average Bonchev–Trinajstić information content (AvgIpc) is 2.70. The van der Waals surface area contributed by atoms with Gasteiger partial charge in [0, 0.05) is 6.04 Å². The van der Waals surface area contributed by atoms with Gasteiger partial charge < -0.3 is 0 Å². The van der Waals surface area contributed by atoms with Crippen molar-refractivity contribution in [2.75, 3.05) is 0 Å². The third-order valence-corrected chi connectivity index (χ3v) is 4.40. The molecule has 2 rings (SSSR count). The number of nitrogens with one attached hydrogen (secondary N) is 1. The molecule has 0 heterocycles. The zero-order valence-electron chi connectivity index (χ0n) is 12.2. The number of hydrogen-bond acceptors (Lipinski definition) is 2. The summed E-state index contributed by atoms with van der Waals surface area (Å²) in [5.74, 6) is 6.56. The highest BCUT2D eigenvalue weighted by atomic mass is 15.2. The molecule has 0 aromatic heterocycles. The fourth-order valence-electron chi connectivity index (χ4n) is 3.38. The summed E-state index contributed by atoms with van der Waals surface area (Å²) in [7, 11) is 0. The molecule has 1 aromatic rings. The number of hydrazine groups is 1. The second kappa shape index (κ2) is 7.66. The fourth-order valence-corrected chi connectivity index (χ4v) is 3.38. The van der Waals surface area contributed by atoms with E-state index in [-0.39, 0.29) is 0 Å². The average molecular weight is 260 g/mol. The number of aryl methyl sites for hydroxylation is 1. The quantitative estimate of drug-likeness (QED) is 0.475. The standard InChI is InChI=1S/C17H28N2/c1-2-8-14-9-7-12-16(13-14)17(19-18)15-10-5-3-4-6-11-15/h7,9,12-13,15,17,19H,2-6,8,10-11,18H2,1H3. The molecule has 0 bridgehead atoms. The maximum Gasteiger partial charge on any atom is 0.0488 e. The van der Waals surface area contributed by atoms with Gasteiger partial charge >= 0.3 is 0 Å². The lowest BCUT2D eigenvalue weighted by Crippen LogP contribution is -2.33. The van der Waals surface area contributed by atoms with Gasteiger partial charge in [0.05, 0.1) is 0 Å². The minimum Gasteiger partial charge on any atom is -0.271 e. The molecule has 1 unspecified atom stereocenters. The topological polar surface area (TPSA) is 38.0 Å². The van der Waals surface area contributed by atoms with Crippen LogP contribution in [0, 0.1) is 5.92 Å². The molecule has 1 aliphatic carbocycles. The van der Waals surface area contributed by atoms with Crippen molar-refractivity contribution in [3.63, 3.8) is 0 Å². The Morgan fingerprint density at radius 1 is 1.21 bits per heavy atom. The maximum atomic E-state index is 5.86. The fraction of sp³-hybridized carbons (Fsp3) is 0.647. The molecule has 0 amide bonds. The molecule has 2 nitrogen and oxygen atoms in total. The third kappa shape index (κ3) is 4.05. The largest absolute Gasteiger partial charge is 0.271 e. The summed E-state index contributed by atoms with van der Waals surface area (Å²) >= 11 is 0. The molecule has 0 saturated heterocycles. The van der Waals surface area contributed by atoms with Gasteiger partial charge in [0.15, 0.2) is 0 Å². The van der Waals surface area contributed by atoms with Crippen molar-refractivity contribution >= 4 is 0 Å². The van der Waals surface area contributed by atoms with Crippen LogP contribution in [0.15, 0.2) is 24.3 Å². The first kappa shape index (κ1) is 14.5. The van der Waals surface area contributed by atoms with E-state index >= 15 is 0 Å². The first-order valence-electron chi connectivity index (χ1n) is 7.90. The van der Waals surface area contributed by atoms with E-state index in [1.54, 1.807) is 0 Å². The van der Waals surface area contributed by atoms with Gasteiger partial charge in [0.25, 0.3) is 0 Å². The first-order valence-corrected chi connectivity index (χ1v) is 7.90. The maximum absolute atomic E-state index is 5.86. The highest BCUT2D eigenvalue weighted by Crippen LogP contribution is 2.33. The Bertz CT molecular complexity index is 367. The molecule has 1 atom stereocenters. The predicted molar refractivity (Wildman–Crippen MR) is 81.7 cm³/mol. The Morgan fingerprint density at radius 2 is 1.95 bits per heavy atom. The van der Waals surface area contributed by atoms with Crippen LogP contribution in [0.2, 0.25) is 0 Å². The van der Waals surface area contributed by atoms with E-state index in [9.17, 15) is 0 Å². The monoisotopic (exact) mass is 260 g/mol. The number of hydrogen-bond donors (Lipinski definition) is 2. The van der Waals surface area contributed by atoms with Crippen molar-refractivity contribution in [1.82, 2.24) is 5.43 Å². The highest BCUT2D eigenvalue weighted by molar-refractivity contribution is 5.26. The van der Waals surface area contributed by atoms with Crippen molar-refractivity contribution in [1.29, 1.82) is 0 Å². The Balaban J connectivity index is 2.13. The van der Waals surface area contributed by atoms with Gasteiger partial charge in [-0.25, -0.2) is 0 Å². The normalized spacial score (nSPS) is 19.1. The summed E-state index contributed by atoms with van der Waals surface area (Å²) in [6, 6.07) is 9.32. The van der Waals surface area contributed by atoms with Gasteiger partial charge in [-0.15, -0.1) is 0 Å². The second-order valence-corrected chi connectivity index (χ2v) is 5.89. The van der Waals surface area contributed by atoms with Crippen LogP contribution in [0.1, 0.15) is 69.0 Å². The zero-order valence-corrected chi connectivity index (χ0v) is 12.2. The third-order valence-electron chi connectivity index (χ3n) is 4.40. The summed E-state index contributed by atoms with van der Waals surface area (Å²) in [4.78, 5) is 0. The minimum atomic E-state index is 0.329. The number of nitrogens with two attached hydrogens (primary N) is 1. The van der Waals surface area contributed by atoms with Crippen molar-refractivity contribution in [2.45, 2.75) is 64.3 Å². The summed E-state index contributed by atoms with van der Waals surface area (Å²) < 4.78 is 0. The Hall–Kier alpha value is -0.860. The molecule has 1 aliphatic rings. The van der Waals surface area contributed by atoms with Gasteiger partial charge in [-0.3, -0.25) is 11.3 Å². The highest BCUT2D eigenvalue weighted by Gasteiger charge is 2.23. The Labute approximate surface area is 117 Å². The smallest absolute Gasteiger partial charge is 0.0488 e. The predicted octanol–water partition coefficient (Wildman–Crippen LogP) is 4.11. The number of rotatable bonds is 5. The van der Waals surface area contributed by atoms with Gasteiger partial charge in [0.2, 0.25) is 0 Å². The molecule has 0 radical (unpaired) electrons. The SMILES string of the molecule is CCCc1cccc(C(NN)C2CCCCCC2)c1. The van der Waals surface area contributed by atoms with Crippen LogP contribution in [0.4, 0.5) is 0 Å². The first-order chi connectivity index (χ1) is 9.35. The lowest BCUT2D eigenvalue weighted by Gasteiger charge is -2.26. The molecular formula is C17H28N2. The molecule has 19 heavy (non-hydrogen) atoms. The van der Waals surface area contributed by atoms with Crippen molar-refractivity contribution in [3.05, 3.63) is 35.4 Å². The minimum absolute atomic E-state index is 0.329. The van der Waals surface area contributed by atoms with Crippen molar-refractivity contribution in [2.24, 2.45) is 11.8 Å². The van der Waals surface area contributed by atoms with E-state index in [1.165, 1.54) is 56.1 Å². The lowest BCUT2D eigenvalue weighted by atomic mass is 9.87. The summed E-state index contributed by atoms with van der Waals surface area (Å²) in [5, 5.41) is 0. The van der Waals surface area contributed by atoms with Crippen LogP contribution >= 0.6 is 0 Å². The number of benzene rings is 1. The van der Waals surface area contributed by atoms with Crippen LogP contribution in [-0.2, 0) is 6.42 Å². The molecule has 3 N–H and O–H groups in total. The Morgan fingerprint density at radius 3 is 2.58 bits per heavy atom. The summed E-state index contributed by atoms with van der Waals surface area (Å²) in [6.45, 7) is 2.23. The van der Waals surface area contributed by atoms with E-state index in [1.807, 2.05) is 0 Å². The van der Waals surface area contributed by atoms with Gasteiger partial charge in [0.1, 0.15) is 0 Å². The molecular weight excluding hydrogens is 232 g/mol. The summed E-state index contributed by atoms with van der Waals surface area (Å²) in [6.07, 6.45) is 10.5. The van der Waals surface area contributed by atoms with Gasteiger partial charge in [-0.2, -0.15) is 0 Å². The molecule has 1 aromatic carbocycles. The molecule has 106 valence electrons. The van der Waals surface area contributed by atoms with Crippen LogP contribution in [0.25, 0.3) is 0 Å². The lowest BCUT2D eigenvalue weighted by molar-refractivity contribution is 0.329. The molecule has 1 fully saturated rings. The van der Waals surface area contributed by atoms with Crippen LogP contribution < -0.4 is 11.3 Å². The van der Waals surface area contributed by atoms with Crippen molar-refractivity contribution in [3.8, 4) is 0 Å². The van der Waals surface area contributed by atoms with E-state index in [0.717, 1.165) is 6.42 Å². The second-order valence-electron chi connectivity index (χ2n) is 5.89. The van der Waals surface area contributed by atoms with Gasteiger partial charge in [-0.1, -0.05) is 63.3 Å². The van der Waals surface area contributed by atoms with E-state index in [4.69, 9.17) is 5.84 Å². The molecule has 1 saturated carbocycles. The van der Waals surface area contributed by atoms with E-state index < -0.39 is 0 Å². The van der Waals surface area contributed by atoms with E-state index in [2.05, 4.69) is 36.6 Å². The molecule has 2 heteroatoms. The zero-order chi connectivity index (χ0) is 13.5. The summed E-state index contributed by atoms with van der Waals surface area (Å²) in [5.41, 5.74) is 5.90. The van der Waals surface area contributed by atoms with Crippen LogP contribution in [0.3, 0.4) is 0 Å². The molecule has 0 aliphatic heterocycles.